The molecule has 0 fully saturated rings. The zero-order chi connectivity index (χ0) is 13.0. The third-order valence-electron chi connectivity index (χ3n) is 3.43. The Bertz CT molecular complexity index is 333. The second kappa shape index (κ2) is 6.53. The Balaban J connectivity index is 2.99. The molecule has 0 saturated carbocycles. The van der Waals surface area contributed by atoms with Crippen LogP contribution < -0.4 is 5.73 Å². The van der Waals surface area contributed by atoms with Gasteiger partial charge in [0.15, 0.2) is 0 Å². The molecular formula is C14H26N2S. The highest BCUT2D eigenvalue weighted by Gasteiger charge is 2.27. The molecule has 2 nitrogen and oxygen atoms in total. The van der Waals surface area contributed by atoms with Crippen LogP contribution in [-0.4, -0.2) is 23.5 Å². The summed E-state index contributed by atoms with van der Waals surface area (Å²) in [7, 11) is 0. The van der Waals surface area contributed by atoms with E-state index in [2.05, 4.69) is 51.7 Å². The molecule has 0 bridgehead atoms. The predicted molar refractivity (Wildman–Crippen MR) is 77.6 cm³/mol. The SMILES string of the molecule is CCC(C)N(CC)C(c1ccc(C)s1)C(C)N. The lowest BCUT2D eigenvalue weighted by Crippen LogP contribution is -2.43. The summed E-state index contributed by atoms with van der Waals surface area (Å²) < 4.78 is 0. The van der Waals surface area contributed by atoms with Gasteiger partial charge in [-0.3, -0.25) is 4.90 Å². The molecule has 98 valence electrons. The number of rotatable bonds is 6. The molecule has 3 unspecified atom stereocenters. The fourth-order valence-corrected chi connectivity index (χ4v) is 3.47. The lowest BCUT2D eigenvalue weighted by Gasteiger charge is -2.37. The Hall–Kier alpha value is -0.380. The number of nitrogens with two attached hydrogens (primary N) is 1. The second-order valence-electron chi connectivity index (χ2n) is 4.84. The standard InChI is InChI=1S/C14H26N2S/c1-6-10(3)16(7-2)14(12(5)15)13-9-8-11(4)17-13/h8-10,12,14H,6-7,15H2,1-5H3. The molecule has 1 aromatic rings. The van der Waals surface area contributed by atoms with Crippen LogP contribution in [0.4, 0.5) is 0 Å². The topological polar surface area (TPSA) is 29.3 Å². The Labute approximate surface area is 110 Å². The van der Waals surface area contributed by atoms with E-state index in [1.165, 1.54) is 16.2 Å². The molecule has 0 saturated heterocycles. The highest BCUT2D eigenvalue weighted by Crippen LogP contribution is 2.31. The van der Waals surface area contributed by atoms with Gasteiger partial charge in [-0.25, -0.2) is 0 Å². The Morgan fingerprint density at radius 2 is 1.94 bits per heavy atom. The molecule has 3 atom stereocenters. The van der Waals surface area contributed by atoms with Crippen molar-refractivity contribution in [3.8, 4) is 0 Å². The van der Waals surface area contributed by atoms with E-state index < -0.39 is 0 Å². The Morgan fingerprint density at radius 3 is 2.29 bits per heavy atom. The summed E-state index contributed by atoms with van der Waals surface area (Å²) in [6, 6.07) is 5.54. The minimum Gasteiger partial charge on any atom is -0.326 e. The van der Waals surface area contributed by atoms with E-state index in [1.807, 2.05) is 11.3 Å². The molecule has 1 aromatic heterocycles. The van der Waals surface area contributed by atoms with Gasteiger partial charge in [-0.15, -0.1) is 11.3 Å². The molecule has 0 amide bonds. The first kappa shape index (κ1) is 14.7. The molecule has 0 spiro atoms. The maximum atomic E-state index is 6.21. The number of hydrogen-bond donors (Lipinski definition) is 1. The van der Waals surface area contributed by atoms with Crippen molar-refractivity contribution in [3.63, 3.8) is 0 Å². The molecule has 0 aliphatic carbocycles. The Kier molecular flexibility index (Phi) is 5.63. The molecule has 1 rings (SSSR count). The zero-order valence-electron chi connectivity index (χ0n) is 11.7. The Morgan fingerprint density at radius 1 is 1.29 bits per heavy atom. The van der Waals surface area contributed by atoms with Gasteiger partial charge < -0.3 is 5.73 Å². The molecule has 2 N–H and O–H groups in total. The van der Waals surface area contributed by atoms with Gasteiger partial charge in [0.1, 0.15) is 0 Å². The zero-order valence-corrected chi connectivity index (χ0v) is 12.6. The van der Waals surface area contributed by atoms with Gasteiger partial charge in [0.2, 0.25) is 0 Å². The molecule has 3 heteroatoms. The average molecular weight is 254 g/mol. The third kappa shape index (κ3) is 3.54. The number of aryl methyl sites for hydroxylation is 1. The van der Waals surface area contributed by atoms with Gasteiger partial charge in [0.25, 0.3) is 0 Å². The summed E-state index contributed by atoms with van der Waals surface area (Å²) in [6.07, 6.45) is 1.17. The summed E-state index contributed by atoms with van der Waals surface area (Å²) in [5.74, 6) is 0. The van der Waals surface area contributed by atoms with E-state index in [1.54, 1.807) is 0 Å². The average Bonchev–Trinajstić information content (AvgIpc) is 2.70. The van der Waals surface area contributed by atoms with Gasteiger partial charge in [-0.05, 0) is 45.9 Å². The first-order valence-electron chi connectivity index (χ1n) is 6.58. The van der Waals surface area contributed by atoms with E-state index >= 15 is 0 Å². The van der Waals surface area contributed by atoms with Gasteiger partial charge in [-0.1, -0.05) is 13.8 Å². The number of likely N-dealkylation sites (N-methyl/N-ethyl adjacent to an activating group) is 1. The lowest BCUT2D eigenvalue weighted by atomic mass is 10.0. The quantitative estimate of drug-likeness (QED) is 0.841. The van der Waals surface area contributed by atoms with Crippen LogP contribution in [0.3, 0.4) is 0 Å². The molecule has 0 aliphatic heterocycles. The number of nitrogens with zero attached hydrogens (tertiary/aromatic N) is 1. The van der Waals surface area contributed by atoms with E-state index in [0.717, 1.165) is 6.54 Å². The molecule has 0 aliphatic rings. The monoisotopic (exact) mass is 254 g/mol. The minimum atomic E-state index is 0.169. The molecular weight excluding hydrogens is 228 g/mol. The fourth-order valence-electron chi connectivity index (χ4n) is 2.35. The summed E-state index contributed by atoms with van der Waals surface area (Å²) in [5.41, 5.74) is 6.21. The van der Waals surface area contributed by atoms with Crippen molar-refractivity contribution in [2.75, 3.05) is 6.54 Å². The number of hydrogen-bond acceptors (Lipinski definition) is 3. The van der Waals surface area contributed by atoms with Crippen LogP contribution >= 0.6 is 11.3 Å². The van der Waals surface area contributed by atoms with Gasteiger partial charge in [0, 0.05) is 21.8 Å². The third-order valence-corrected chi connectivity index (χ3v) is 4.50. The maximum Gasteiger partial charge on any atom is 0.0593 e. The smallest absolute Gasteiger partial charge is 0.0593 e. The van der Waals surface area contributed by atoms with Crippen LogP contribution in [-0.2, 0) is 0 Å². The van der Waals surface area contributed by atoms with Crippen LogP contribution in [0.5, 0.6) is 0 Å². The molecule has 0 radical (unpaired) electrons. The van der Waals surface area contributed by atoms with E-state index in [4.69, 9.17) is 5.73 Å². The van der Waals surface area contributed by atoms with Crippen LogP contribution in [0.15, 0.2) is 12.1 Å². The number of thiophene rings is 1. The van der Waals surface area contributed by atoms with Gasteiger partial charge in [-0.2, -0.15) is 0 Å². The van der Waals surface area contributed by atoms with Gasteiger partial charge >= 0.3 is 0 Å². The highest BCUT2D eigenvalue weighted by atomic mass is 32.1. The van der Waals surface area contributed by atoms with Crippen LogP contribution in [0.1, 0.15) is 49.9 Å². The second-order valence-corrected chi connectivity index (χ2v) is 6.16. The van der Waals surface area contributed by atoms with Crippen molar-refractivity contribution in [3.05, 3.63) is 21.9 Å². The van der Waals surface area contributed by atoms with Gasteiger partial charge in [0.05, 0.1) is 6.04 Å². The van der Waals surface area contributed by atoms with E-state index in [0.29, 0.717) is 12.1 Å². The normalized spacial score (nSPS) is 17.1. The molecule has 0 aromatic carbocycles. The fraction of sp³-hybridized carbons (Fsp3) is 0.714. The van der Waals surface area contributed by atoms with Crippen molar-refractivity contribution in [1.82, 2.24) is 4.90 Å². The van der Waals surface area contributed by atoms with E-state index in [-0.39, 0.29) is 6.04 Å². The summed E-state index contributed by atoms with van der Waals surface area (Å²) in [4.78, 5) is 5.29. The summed E-state index contributed by atoms with van der Waals surface area (Å²) in [5, 5.41) is 0. The lowest BCUT2D eigenvalue weighted by molar-refractivity contribution is 0.134. The predicted octanol–water partition coefficient (Wildman–Crippen LogP) is 3.57. The summed E-state index contributed by atoms with van der Waals surface area (Å²) in [6.45, 7) is 12.1. The molecule has 17 heavy (non-hydrogen) atoms. The van der Waals surface area contributed by atoms with Crippen molar-refractivity contribution < 1.29 is 0 Å². The first-order valence-corrected chi connectivity index (χ1v) is 7.40. The minimum absolute atomic E-state index is 0.169. The largest absolute Gasteiger partial charge is 0.326 e. The van der Waals surface area contributed by atoms with Crippen molar-refractivity contribution in [2.45, 2.75) is 59.2 Å². The first-order chi connectivity index (χ1) is 8.01. The van der Waals surface area contributed by atoms with Crippen molar-refractivity contribution in [1.29, 1.82) is 0 Å². The highest BCUT2D eigenvalue weighted by molar-refractivity contribution is 7.12. The van der Waals surface area contributed by atoms with Crippen LogP contribution in [0, 0.1) is 6.92 Å². The van der Waals surface area contributed by atoms with Crippen molar-refractivity contribution >= 4 is 11.3 Å². The van der Waals surface area contributed by atoms with E-state index in [9.17, 15) is 0 Å². The van der Waals surface area contributed by atoms with Crippen molar-refractivity contribution in [2.24, 2.45) is 5.73 Å². The van der Waals surface area contributed by atoms with Crippen LogP contribution in [0.2, 0.25) is 0 Å². The maximum absolute atomic E-state index is 6.21. The summed E-state index contributed by atoms with van der Waals surface area (Å²) >= 11 is 1.87. The van der Waals surface area contributed by atoms with Crippen LogP contribution in [0.25, 0.3) is 0 Å². The molecule has 1 heterocycles.